The number of rotatable bonds is 3. The molecule has 1 atom stereocenters. The van der Waals surface area contributed by atoms with Crippen LogP contribution in [0, 0.1) is 10.1 Å². The van der Waals surface area contributed by atoms with Crippen molar-refractivity contribution >= 4 is 32.6 Å². The van der Waals surface area contributed by atoms with Crippen molar-refractivity contribution in [3.63, 3.8) is 0 Å². The van der Waals surface area contributed by atoms with Gasteiger partial charge in [-0.2, -0.15) is 0 Å². The minimum Gasteiger partial charge on any atom is -0.464 e. The standard InChI is InChI=1S/C16H10BrNO5/c17-9-5-6-13(18(21)22)11(7-9)16(20)12-8-23-14-4-2-1-3-10(14)15(12)19/h1-8,16,20H. The van der Waals surface area contributed by atoms with Crippen LogP contribution in [0.4, 0.5) is 5.69 Å². The molecule has 0 bridgehead atoms. The molecular weight excluding hydrogens is 366 g/mol. The Bertz CT molecular complexity index is 966. The number of aliphatic hydroxyl groups excluding tert-OH is 1. The predicted octanol–water partition coefficient (Wildman–Crippen LogP) is 3.55. The third-order valence-corrected chi connectivity index (χ3v) is 3.98. The lowest BCUT2D eigenvalue weighted by atomic mass is 10.00. The maximum atomic E-state index is 12.5. The topological polar surface area (TPSA) is 93.6 Å². The van der Waals surface area contributed by atoms with Crippen molar-refractivity contribution < 1.29 is 14.4 Å². The van der Waals surface area contributed by atoms with Gasteiger partial charge in [-0.25, -0.2) is 0 Å². The first kappa shape index (κ1) is 15.4. The monoisotopic (exact) mass is 375 g/mol. The fourth-order valence-corrected chi connectivity index (χ4v) is 2.74. The smallest absolute Gasteiger partial charge is 0.275 e. The lowest BCUT2D eigenvalue weighted by molar-refractivity contribution is -0.386. The lowest BCUT2D eigenvalue weighted by Crippen LogP contribution is -2.15. The van der Waals surface area contributed by atoms with Crippen LogP contribution in [0.5, 0.6) is 0 Å². The summed E-state index contributed by atoms with van der Waals surface area (Å²) in [6.45, 7) is 0. The molecule has 7 heteroatoms. The molecule has 0 radical (unpaired) electrons. The highest BCUT2D eigenvalue weighted by atomic mass is 79.9. The zero-order chi connectivity index (χ0) is 16.6. The van der Waals surface area contributed by atoms with E-state index in [4.69, 9.17) is 4.42 Å². The van der Waals surface area contributed by atoms with Gasteiger partial charge in [0.25, 0.3) is 5.69 Å². The van der Waals surface area contributed by atoms with Crippen molar-refractivity contribution in [1.82, 2.24) is 0 Å². The molecule has 0 fully saturated rings. The normalized spacial score (nSPS) is 12.3. The molecule has 3 rings (SSSR count). The van der Waals surface area contributed by atoms with Crippen molar-refractivity contribution in [3.05, 3.63) is 84.7 Å². The van der Waals surface area contributed by atoms with Crippen LogP contribution in [-0.4, -0.2) is 10.0 Å². The summed E-state index contributed by atoms with van der Waals surface area (Å²) < 4.78 is 5.91. The predicted molar refractivity (Wildman–Crippen MR) is 87.3 cm³/mol. The number of hydrogen-bond donors (Lipinski definition) is 1. The first-order valence-electron chi connectivity index (χ1n) is 6.61. The van der Waals surface area contributed by atoms with Crippen LogP contribution < -0.4 is 5.43 Å². The van der Waals surface area contributed by atoms with Crippen molar-refractivity contribution in [1.29, 1.82) is 0 Å². The number of para-hydroxylation sites is 1. The van der Waals surface area contributed by atoms with Crippen LogP contribution in [0.3, 0.4) is 0 Å². The molecule has 1 heterocycles. The van der Waals surface area contributed by atoms with Gasteiger partial charge in [-0.1, -0.05) is 28.1 Å². The summed E-state index contributed by atoms with van der Waals surface area (Å²) in [5, 5.41) is 22.0. The van der Waals surface area contributed by atoms with E-state index >= 15 is 0 Å². The number of halogens is 1. The number of fused-ring (bicyclic) bond motifs is 1. The fraction of sp³-hybridized carbons (Fsp3) is 0.0625. The number of hydrogen-bond acceptors (Lipinski definition) is 5. The van der Waals surface area contributed by atoms with Crippen LogP contribution in [0.15, 0.2) is 62.4 Å². The zero-order valence-electron chi connectivity index (χ0n) is 11.6. The first-order valence-corrected chi connectivity index (χ1v) is 7.40. The second-order valence-corrected chi connectivity index (χ2v) is 5.79. The van der Waals surface area contributed by atoms with Crippen LogP contribution >= 0.6 is 15.9 Å². The van der Waals surface area contributed by atoms with Gasteiger partial charge in [0, 0.05) is 10.5 Å². The van der Waals surface area contributed by atoms with Crippen molar-refractivity contribution in [2.24, 2.45) is 0 Å². The number of benzene rings is 2. The third-order valence-electron chi connectivity index (χ3n) is 3.48. The summed E-state index contributed by atoms with van der Waals surface area (Å²) in [5.74, 6) is 0. The highest BCUT2D eigenvalue weighted by Crippen LogP contribution is 2.31. The molecule has 2 aromatic carbocycles. The average molecular weight is 376 g/mol. The van der Waals surface area contributed by atoms with Gasteiger partial charge in [0.15, 0.2) is 5.43 Å². The summed E-state index contributed by atoms with van der Waals surface area (Å²) in [6.07, 6.45) is -0.325. The SMILES string of the molecule is O=c1c(C(O)c2cc(Br)ccc2[N+](=O)[O-])coc2ccccc12. The Labute approximate surface area is 138 Å². The molecule has 1 unspecified atom stereocenters. The second kappa shape index (κ2) is 5.94. The zero-order valence-corrected chi connectivity index (χ0v) is 13.2. The lowest BCUT2D eigenvalue weighted by Gasteiger charge is -2.11. The molecule has 1 aromatic heterocycles. The van der Waals surface area contributed by atoms with E-state index in [0.717, 1.165) is 6.26 Å². The van der Waals surface area contributed by atoms with Crippen LogP contribution in [0.2, 0.25) is 0 Å². The molecule has 0 saturated heterocycles. The van der Waals surface area contributed by atoms with Gasteiger partial charge in [0.2, 0.25) is 0 Å². The quantitative estimate of drug-likeness (QED) is 0.557. The van der Waals surface area contributed by atoms with E-state index in [2.05, 4.69) is 15.9 Å². The summed E-state index contributed by atoms with van der Waals surface area (Å²) in [4.78, 5) is 23.0. The molecule has 3 aromatic rings. The highest BCUT2D eigenvalue weighted by Gasteiger charge is 2.25. The molecule has 1 N–H and O–H groups in total. The summed E-state index contributed by atoms with van der Waals surface area (Å²) in [5.41, 5.74) is -0.337. The molecule has 0 amide bonds. The Hall–Kier alpha value is -2.51. The van der Waals surface area contributed by atoms with E-state index in [-0.39, 0.29) is 16.8 Å². The molecule has 116 valence electrons. The van der Waals surface area contributed by atoms with E-state index in [0.29, 0.717) is 15.4 Å². The van der Waals surface area contributed by atoms with Gasteiger partial charge in [0.1, 0.15) is 18.0 Å². The Balaban J connectivity index is 2.20. The molecule has 0 aliphatic rings. The number of nitro groups is 1. The van der Waals surface area contributed by atoms with Crippen molar-refractivity contribution in [2.45, 2.75) is 6.10 Å². The van der Waals surface area contributed by atoms with Gasteiger partial charge >= 0.3 is 0 Å². The Kier molecular flexibility index (Phi) is 3.97. The minimum atomic E-state index is -1.46. The molecule has 23 heavy (non-hydrogen) atoms. The number of aliphatic hydroxyl groups is 1. The highest BCUT2D eigenvalue weighted by molar-refractivity contribution is 9.10. The molecule has 0 aliphatic heterocycles. The Morgan fingerprint density at radius 1 is 1.17 bits per heavy atom. The van der Waals surface area contributed by atoms with Gasteiger partial charge < -0.3 is 9.52 Å². The van der Waals surface area contributed by atoms with Crippen LogP contribution in [0.1, 0.15) is 17.2 Å². The maximum absolute atomic E-state index is 12.5. The Morgan fingerprint density at radius 2 is 1.91 bits per heavy atom. The second-order valence-electron chi connectivity index (χ2n) is 4.88. The molecule has 0 saturated carbocycles. The first-order chi connectivity index (χ1) is 11.0. The largest absolute Gasteiger partial charge is 0.464 e. The van der Waals surface area contributed by atoms with Gasteiger partial charge in [-0.15, -0.1) is 0 Å². The number of nitrogens with zero attached hydrogens (tertiary/aromatic N) is 1. The van der Waals surface area contributed by atoms with Crippen molar-refractivity contribution in [2.75, 3.05) is 0 Å². The summed E-state index contributed by atoms with van der Waals surface area (Å²) in [6, 6.07) is 10.8. The minimum absolute atomic E-state index is 0.0203. The summed E-state index contributed by atoms with van der Waals surface area (Å²) >= 11 is 3.21. The van der Waals surface area contributed by atoms with Crippen molar-refractivity contribution in [3.8, 4) is 0 Å². The van der Waals surface area contributed by atoms with E-state index in [1.54, 1.807) is 24.3 Å². The maximum Gasteiger partial charge on any atom is 0.275 e. The summed E-state index contributed by atoms with van der Waals surface area (Å²) in [7, 11) is 0. The van der Waals surface area contributed by atoms with Crippen LogP contribution in [-0.2, 0) is 0 Å². The van der Waals surface area contributed by atoms with E-state index in [1.807, 2.05) is 0 Å². The van der Waals surface area contributed by atoms with E-state index in [1.165, 1.54) is 18.2 Å². The molecular formula is C16H10BrNO5. The fourth-order valence-electron chi connectivity index (χ4n) is 2.36. The van der Waals surface area contributed by atoms with Gasteiger partial charge in [-0.05, 0) is 24.3 Å². The number of nitro benzene ring substituents is 1. The average Bonchev–Trinajstić information content (AvgIpc) is 2.54. The molecule has 6 nitrogen and oxygen atoms in total. The van der Waals surface area contributed by atoms with Crippen LogP contribution in [0.25, 0.3) is 11.0 Å². The van der Waals surface area contributed by atoms with E-state index in [9.17, 15) is 20.0 Å². The molecule has 0 aliphatic carbocycles. The van der Waals surface area contributed by atoms with Gasteiger partial charge in [0.05, 0.1) is 21.4 Å². The third kappa shape index (κ3) is 2.76. The van der Waals surface area contributed by atoms with Gasteiger partial charge in [-0.3, -0.25) is 14.9 Å². The van der Waals surface area contributed by atoms with E-state index < -0.39 is 16.5 Å². The molecule has 0 spiro atoms. The Morgan fingerprint density at radius 3 is 2.65 bits per heavy atom.